The van der Waals surface area contributed by atoms with Crippen molar-refractivity contribution in [2.45, 2.75) is 50.5 Å². The first-order valence-corrected chi connectivity index (χ1v) is 10.5. The molecule has 0 aromatic heterocycles. The lowest BCUT2D eigenvalue weighted by Crippen LogP contribution is -2.40. The molecule has 1 fully saturated rings. The molecule has 9 heteroatoms. The van der Waals surface area contributed by atoms with Crippen molar-refractivity contribution in [2.24, 2.45) is 4.40 Å². The van der Waals surface area contributed by atoms with Crippen molar-refractivity contribution < 1.29 is 18.0 Å². The van der Waals surface area contributed by atoms with E-state index in [0.717, 1.165) is 19.3 Å². The van der Waals surface area contributed by atoms with E-state index in [4.69, 9.17) is 0 Å². The van der Waals surface area contributed by atoms with Crippen LogP contribution in [0.25, 0.3) is 0 Å². The van der Waals surface area contributed by atoms with E-state index in [1.807, 2.05) is 18.7 Å². The van der Waals surface area contributed by atoms with Gasteiger partial charge in [0.1, 0.15) is 10.7 Å². The average molecular weight is 392 g/mol. The van der Waals surface area contributed by atoms with Crippen molar-refractivity contribution in [2.75, 3.05) is 18.0 Å². The Hall–Kier alpha value is -2.42. The van der Waals surface area contributed by atoms with Crippen LogP contribution in [0.5, 0.6) is 0 Å². The smallest absolute Gasteiger partial charge is 0.286 e. The minimum absolute atomic E-state index is 0.0241. The van der Waals surface area contributed by atoms with Crippen molar-refractivity contribution >= 4 is 33.4 Å². The molecule has 3 rings (SSSR count). The van der Waals surface area contributed by atoms with E-state index < -0.39 is 15.9 Å². The Morgan fingerprint density at radius 3 is 2.74 bits per heavy atom. The highest BCUT2D eigenvalue weighted by atomic mass is 32.2. The first kappa shape index (κ1) is 19.3. The molecule has 2 amide bonds. The van der Waals surface area contributed by atoms with Crippen LogP contribution in [0, 0.1) is 0 Å². The molecular formula is C18H24N4O4S. The topological polar surface area (TPSA) is 108 Å². The molecule has 2 aliphatic heterocycles. The number of nitrogens with zero attached hydrogens (tertiary/aromatic N) is 2. The van der Waals surface area contributed by atoms with Crippen LogP contribution in [0.4, 0.5) is 5.69 Å². The molecule has 0 unspecified atom stereocenters. The van der Waals surface area contributed by atoms with E-state index in [1.54, 1.807) is 12.1 Å². The van der Waals surface area contributed by atoms with Gasteiger partial charge < -0.3 is 15.5 Å². The number of carbonyl (C=O) groups excluding carboxylic acids is 2. The number of benzene rings is 1. The van der Waals surface area contributed by atoms with Gasteiger partial charge >= 0.3 is 0 Å². The van der Waals surface area contributed by atoms with Crippen LogP contribution >= 0.6 is 0 Å². The van der Waals surface area contributed by atoms with Gasteiger partial charge in [0.2, 0.25) is 5.91 Å². The maximum Gasteiger partial charge on any atom is 0.286 e. The van der Waals surface area contributed by atoms with Gasteiger partial charge in [-0.3, -0.25) is 9.59 Å². The maximum atomic E-state index is 12.6. The summed E-state index contributed by atoms with van der Waals surface area (Å²) < 4.78 is 29.1. The molecule has 8 nitrogen and oxygen atoms in total. The third-order valence-electron chi connectivity index (χ3n) is 4.47. The molecule has 1 aromatic carbocycles. The highest BCUT2D eigenvalue weighted by Gasteiger charge is 2.32. The van der Waals surface area contributed by atoms with E-state index >= 15 is 0 Å². The summed E-state index contributed by atoms with van der Waals surface area (Å²) in [6, 6.07) is 4.54. The fourth-order valence-electron chi connectivity index (χ4n) is 3.26. The van der Waals surface area contributed by atoms with Gasteiger partial charge in [-0.05, 0) is 44.9 Å². The van der Waals surface area contributed by atoms with Crippen LogP contribution in [0.3, 0.4) is 0 Å². The minimum Gasteiger partial charge on any atom is -0.352 e. The van der Waals surface area contributed by atoms with E-state index in [1.165, 1.54) is 6.07 Å². The molecule has 27 heavy (non-hydrogen) atoms. The number of amides is 2. The number of anilines is 1. The number of rotatable bonds is 4. The molecular weight excluding hydrogens is 368 g/mol. The summed E-state index contributed by atoms with van der Waals surface area (Å²) in [5, 5.41) is 5.18. The Labute approximate surface area is 159 Å². The highest BCUT2D eigenvalue weighted by Crippen LogP contribution is 2.34. The predicted molar refractivity (Wildman–Crippen MR) is 102 cm³/mol. The number of fused-ring (bicyclic) bond motifs is 3. The Kier molecular flexibility index (Phi) is 5.50. The van der Waals surface area contributed by atoms with Gasteiger partial charge in [0.15, 0.2) is 0 Å². The molecule has 1 aromatic rings. The lowest BCUT2D eigenvalue weighted by Gasteiger charge is -2.29. The second-order valence-electron chi connectivity index (χ2n) is 7.03. The van der Waals surface area contributed by atoms with Gasteiger partial charge in [-0.15, -0.1) is 4.40 Å². The lowest BCUT2D eigenvalue weighted by molar-refractivity contribution is -0.120. The highest BCUT2D eigenvalue weighted by molar-refractivity contribution is 7.90. The van der Waals surface area contributed by atoms with Crippen LogP contribution in [0.15, 0.2) is 27.5 Å². The number of hydrogen-bond donors (Lipinski definition) is 2. The Morgan fingerprint density at radius 2 is 2.00 bits per heavy atom. The zero-order valence-electron chi connectivity index (χ0n) is 15.5. The molecule has 0 bridgehead atoms. The largest absolute Gasteiger partial charge is 0.352 e. The summed E-state index contributed by atoms with van der Waals surface area (Å²) in [7, 11) is -3.84. The molecule has 0 saturated carbocycles. The summed E-state index contributed by atoms with van der Waals surface area (Å²) in [6.07, 6.45) is 3.54. The summed E-state index contributed by atoms with van der Waals surface area (Å²) in [6.45, 7) is 4.19. The van der Waals surface area contributed by atoms with Gasteiger partial charge in [-0.1, -0.05) is 6.42 Å². The van der Waals surface area contributed by atoms with Gasteiger partial charge in [0.05, 0.1) is 12.2 Å². The van der Waals surface area contributed by atoms with Crippen LogP contribution in [-0.2, 0) is 14.8 Å². The third kappa shape index (κ3) is 4.29. The maximum absolute atomic E-state index is 12.6. The van der Waals surface area contributed by atoms with E-state index in [-0.39, 0.29) is 29.0 Å². The molecule has 0 atom stereocenters. The van der Waals surface area contributed by atoms with Crippen LogP contribution in [-0.4, -0.2) is 45.2 Å². The number of nitrogens with one attached hydrogen (secondary N) is 2. The van der Waals surface area contributed by atoms with Crippen molar-refractivity contribution in [3.05, 3.63) is 23.8 Å². The van der Waals surface area contributed by atoms with Crippen LogP contribution in [0.2, 0.25) is 0 Å². The van der Waals surface area contributed by atoms with Gasteiger partial charge in [0, 0.05) is 24.6 Å². The average Bonchev–Trinajstić information content (AvgIpc) is 2.83. The Morgan fingerprint density at radius 1 is 1.22 bits per heavy atom. The number of carbonyl (C=O) groups is 2. The lowest BCUT2D eigenvalue weighted by atomic mass is 10.1. The zero-order valence-corrected chi connectivity index (χ0v) is 16.3. The quantitative estimate of drug-likeness (QED) is 0.806. The van der Waals surface area contributed by atoms with Crippen LogP contribution in [0.1, 0.15) is 49.9 Å². The fraction of sp³-hybridized carbons (Fsp3) is 0.500. The van der Waals surface area contributed by atoms with Gasteiger partial charge in [-0.2, -0.15) is 8.42 Å². The Balaban J connectivity index is 1.83. The third-order valence-corrected chi connectivity index (χ3v) is 5.80. The second-order valence-corrected chi connectivity index (χ2v) is 8.60. The van der Waals surface area contributed by atoms with E-state index in [9.17, 15) is 18.0 Å². The first-order valence-electron chi connectivity index (χ1n) is 9.11. The molecule has 0 aliphatic carbocycles. The summed E-state index contributed by atoms with van der Waals surface area (Å²) in [5.41, 5.74) is 0.749. The normalized spacial score (nSPS) is 18.0. The van der Waals surface area contributed by atoms with Gasteiger partial charge in [-0.25, -0.2) is 0 Å². The van der Waals surface area contributed by atoms with Crippen LogP contribution < -0.4 is 15.5 Å². The van der Waals surface area contributed by atoms with Gasteiger partial charge in [0.25, 0.3) is 15.9 Å². The summed E-state index contributed by atoms with van der Waals surface area (Å²) in [4.78, 5) is 26.0. The summed E-state index contributed by atoms with van der Waals surface area (Å²) in [5.74, 6) is -0.233. The molecule has 2 heterocycles. The molecule has 0 spiro atoms. The minimum atomic E-state index is -3.84. The molecule has 1 saturated heterocycles. The number of hydrogen-bond acceptors (Lipinski definition) is 5. The SMILES string of the molecule is CC(C)NC(=O)CNC(=O)c1ccc2c(c1)S(=O)(=O)N=C1CCCCCN12. The first-order chi connectivity index (χ1) is 12.8. The monoisotopic (exact) mass is 392 g/mol. The van der Waals surface area contributed by atoms with Crippen molar-refractivity contribution in [1.82, 2.24) is 10.6 Å². The van der Waals surface area contributed by atoms with Crippen molar-refractivity contribution in [3.63, 3.8) is 0 Å². The van der Waals surface area contributed by atoms with Crippen molar-refractivity contribution in [1.29, 1.82) is 0 Å². The molecule has 146 valence electrons. The number of amidine groups is 1. The molecule has 2 aliphatic rings. The Bertz CT molecular complexity index is 893. The molecule has 2 N–H and O–H groups in total. The number of sulfonamides is 1. The molecule has 0 radical (unpaired) electrons. The standard InChI is InChI=1S/C18H24N4O4S/c1-12(2)20-17(23)11-19-18(24)13-7-8-14-15(10-13)27(25,26)21-16-6-4-3-5-9-22(14)16/h7-8,10,12H,3-6,9,11H2,1-2H3,(H,19,24)(H,20,23). The zero-order chi connectivity index (χ0) is 19.6. The fourth-order valence-corrected chi connectivity index (χ4v) is 4.54. The van der Waals surface area contributed by atoms with E-state index in [0.29, 0.717) is 24.5 Å². The summed E-state index contributed by atoms with van der Waals surface area (Å²) >= 11 is 0. The second kappa shape index (κ2) is 7.67. The van der Waals surface area contributed by atoms with E-state index in [2.05, 4.69) is 15.0 Å². The predicted octanol–water partition coefficient (Wildman–Crippen LogP) is 1.42. The van der Waals surface area contributed by atoms with Crippen molar-refractivity contribution in [3.8, 4) is 0 Å².